The van der Waals surface area contributed by atoms with Gasteiger partial charge in [0.25, 0.3) is 5.91 Å². The van der Waals surface area contributed by atoms with Crippen molar-refractivity contribution in [3.8, 4) is 0 Å². The van der Waals surface area contributed by atoms with Crippen molar-refractivity contribution in [1.82, 2.24) is 9.97 Å². The Bertz CT molecular complexity index is 795. The molecule has 0 spiro atoms. The number of nitrogens with zero attached hydrogens (tertiary/aromatic N) is 3. The van der Waals surface area contributed by atoms with E-state index in [2.05, 4.69) is 40.1 Å². The molecule has 1 aliphatic heterocycles. The molecule has 5 heteroatoms. The van der Waals surface area contributed by atoms with E-state index in [4.69, 9.17) is 0 Å². The van der Waals surface area contributed by atoms with Crippen molar-refractivity contribution in [3.63, 3.8) is 0 Å². The van der Waals surface area contributed by atoms with E-state index in [1.54, 1.807) is 6.07 Å². The lowest BCUT2D eigenvalue weighted by Gasteiger charge is -2.27. The number of benzene rings is 1. The first-order valence-corrected chi connectivity index (χ1v) is 9.47. The molecule has 0 unspecified atom stereocenters. The summed E-state index contributed by atoms with van der Waals surface area (Å²) in [5.74, 6) is 0.829. The van der Waals surface area contributed by atoms with E-state index >= 15 is 0 Å². The summed E-state index contributed by atoms with van der Waals surface area (Å²) in [5, 5.41) is 3.09. The van der Waals surface area contributed by atoms with E-state index in [0.29, 0.717) is 17.6 Å². The number of nitrogens with one attached hydrogen (secondary N) is 1. The first-order valence-electron chi connectivity index (χ1n) is 9.47. The Labute approximate surface area is 155 Å². The number of para-hydroxylation sites is 1. The minimum atomic E-state index is -0.176. The van der Waals surface area contributed by atoms with Gasteiger partial charge in [-0.2, -0.15) is 0 Å². The monoisotopic (exact) mass is 352 g/mol. The number of carbonyl (C=O) groups is 1. The fourth-order valence-corrected chi connectivity index (χ4v) is 3.42. The van der Waals surface area contributed by atoms with Crippen molar-refractivity contribution in [2.75, 3.05) is 23.3 Å². The summed E-state index contributed by atoms with van der Waals surface area (Å²) in [4.78, 5) is 24.2. The summed E-state index contributed by atoms with van der Waals surface area (Å²) in [7, 11) is 0. The number of aryl methyl sites for hydroxylation is 2. The molecular formula is C21H28N4O. The van der Waals surface area contributed by atoms with E-state index in [9.17, 15) is 4.79 Å². The molecule has 0 aliphatic carbocycles. The highest BCUT2D eigenvalue weighted by Crippen LogP contribution is 2.28. The third-order valence-electron chi connectivity index (χ3n) is 4.88. The van der Waals surface area contributed by atoms with Gasteiger partial charge in [0.2, 0.25) is 5.95 Å². The first-order chi connectivity index (χ1) is 12.5. The van der Waals surface area contributed by atoms with Gasteiger partial charge in [-0.3, -0.25) is 4.79 Å². The number of hydrogen-bond acceptors (Lipinski definition) is 4. The third-order valence-corrected chi connectivity index (χ3v) is 4.88. The smallest absolute Gasteiger partial charge is 0.274 e. The summed E-state index contributed by atoms with van der Waals surface area (Å²) in [6.45, 7) is 10.1. The lowest BCUT2D eigenvalue weighted by Crippen LogP contribution is -2.32. The van der Waals surface area contributed by atoms with Crippen LogP contribution >= 0.6 is 0 Å². The molecule has 2 aromatic rings. The SMILES string of the molecule is Cc1cc(C(=O)Nc2c(C)cccc2C(C)C)nc(N2CCCCC2)n1. The number of amides is 1. The first kappa shape index (κ1) is 18.4. The molecule has 5 nitrogen and oxygen atoms in total. The van der Waals surface area contributed by atoms with E-state index < -0.39 is 0 Å². The fraction of sp³-hybridized carbons (Fsp3) is 0.476. The molecule has 1 fully saturated rings. The minimum absolute atomic E-state index is 0.176. The van der Waals surface area contributed by atoms with Crippen LogP contribution in [-0.2, 0) is 0 Å². The Morgan fingerprint density at radius 1 is 1.12 bits per heavy atom. The highest BCUT2D eigenvalue weighted by Gasteiger charge is 2.19. The average Bonchev–Trinajstić information content (AvgIpc) is 2.63. The van der Waals surface area contributed by atoms with Crippen LogP contribution in [0.1, 0.15) is 66.3 Å². The van der Waals surface area contributed by atoms with Gasteiger partial charge in [0.05, 0.1) is 0 Å². The molecule has 2 heterocycles. The van der Waals surface area contributed by atoms with Crippen LogP contribution in [0.3, 0.4) is 0 Å². The number of carbonyl (C=O) groups excluding carboxylic acids is 1. The van der Waals surface area contributed by atoms with Gasteiger partial charge < -0.3 is 10.2 Å². The van der Waals surface area contributed by atoms with Crippen LogP contribution < -0.4 is 10.2 Å². The molecule has 0 radical (unpaired) electrons. The quantitative estimate of drug-likeness (QED) is 0.882. The molecule has 1 aliphatic rings. The number of rotatable bonds is 4. The normalized spacial score (nSPS) is 14.6. The summed E-state index contributed by atoms with van der Waals surface area (Å²) in [6, 6.07) is 7.88. The Kier molecular flexibility index (Phi) is 5.55. The number of anilines is 2. The van der Waals surface area contributed by atoms with Crippen molar-refractivity contribution < 1.29 is 4.79 Å². The molecule has 0 atom stereocenters. The third kappa shape index (κ3) is 4.03. The molecule has 138 valence electrons. The van der Waals surface area contributed by atoms with Gasteiger partial charge in [0.1, 0.15) is 5.69 Å². The van der Waals surface area contributed by atoms with E-state index in [0.717, 1.165) is 48.4 Å². The summed E-state index contributed by atoms with van der Waals surface area (Å²) in [5.41, 5.74) is 4.34. The lowest BCUT2D eigenvalue weighted by atomic mass is 9.98. The fourth-order valence-electron chi connectivity index (χ4n) is 3.42. The predicted molar refractivity (Wildman–Crippen MR) is 106 cm³/mol. The number of hydrogen-bond donors (Lipinski definition) is 1. The number of aromatic nitrogens is 2. The van der Waals surface area contributed by atoms with E-state index in [1.165, 1.54) is 6.42 Å². The Hall–Kier alpha value is -2.43. The summed E-state index contributed by atoms with van der Waals surface area (Å²) in [6.07, 6.45) is 3.56. The lowest BCUT2D eigenvalue weighted by molar-refractivity contribution is 0.102. The van der Waals surface area contributed by atoms with Gasteiger partial charge in [-0.25, -0.2) is 9.97 Å². The van der Waals surface area contributed by atoms with Gasteiger partial charge in [-0.05, 0) is 56.2 Å². The van der Waals surface area contributed by atoms with Gasteiger partial charge in [-0.15, -0.1) is 0 Å². The number of piperidine rings is 1. The zero-order valence-electron chi connectivity index (χ0n) is 16.2. The highest BCUT2D eigenvalue weighted by atomic mass is 16.1. The second-order valence-electron chi connectivity index (χ2n) is 7.39. The van der Waals surface area contributed by atoms with Crippen molar-refractivity contribution in [2.24, 2.45) is 0 Å². The van der Waals surface area contributed by atoms with Crippen molar-refractivity contribution in [1.29, 1.82) is 0 Å². The Morgan fingerprint density at radius 3 is 2.54 bits per heavy atom. The highest BCUT2D eigenvalue weighted by molar-refractivity contribution is 6.04. The van der Waals surface area contributed by atoms with Crippen LogP contribution in [0.2, 0.25) is 0 Å². The standard InChI is InChI=1S/C21H28N4O/c1-14(2)17-10-8-9-15(3)19(17)24-20(26)18-13-16(4)22-21(23-18)25-11-6-5-7-12-25/h8-10,13-14H,5-7,11-12H2,1-4H3,(H,24,26). The summed E-state index contributed by atoms with van der Waals surface area (Å²) < 4.78 is 0. The zero-order valence-corrected chi connectivity index (χ0v) is 16.2. The summed E-state index contributed by atoms with van der Waals surface area (Å²) >= 11 is 0. The maximum atomic E-state index is 12.9. The molecular weight excluding hydrogens is 324 g/mol. The second-order valence-corrected chi connectivity index (χ2v) is 7.39. The minimum Gasteiger partial charge on any atom is -0.341 e. The van der Waals surface area contributed by atoms with Crippen LogP contribution in [0.15, 0.2) is 24.3 Å². The van der Waals surface area contributed by atoms with Gasteiger partial charge in [-0.1, -0.05) is 32.0 Å². The van der Waals surface area contributed by atoms with Crippen LogP contribution in [0.5, 0.6) is 0 Å². The van der Waals surface area contributed by atoms with Gasteiger partial charge in [0.15, 0.2) is 0 Å². The largest absolute Gasteiger partial charge is 0.341 e. The molecule has 3 rings (SSSR count). The van der Waals surface area contributed by atoms with Crippen molar-refractivity contribution >= 4 is 17.5 Å². The van der Waals surface area contributed by atoms with Crippen molar-refractivity contribution in [3.05, 3.63) is 46.8 Å². The average molecular weight is 352 g/mol. The van der Waals surface area contributed by atoms with E-state index in [-0.39, 0.29) is 5.91 Å². The maximum Gasteiger partial charge on any atom is 0.274 e. The van der Waals surface area contributed by atoms with Gasteiger partial charge in [0, 0.05) is 24.5 Å². The zero-order chi connectivity index (χ0) is 18.7. The van der Waals surface area contributed by atoms with Crippen LogP contribution in [0, 0.1) is 13.8 Å². The van der Waals surface area contributed by atoms with Crippen LogP contribution in [-0.4, -0.2) is 29.0 Å². The predicted octanol–water partition coefficient (Wildman–Crippen LogP) is 4.46. The topological polar surface area (TPSA) is 58.1 Å². The van der Waals surface area contributed by atoms with Crippen LogP contribution in [0.4, 0.5) is 11.6 Å². The molecule has 1 aromatic heterocycles. The van der Waals surface area contributed by atoms with Crippen LogP contribution in [0.25, 0.3) is 0 Å². The molecule has 0 bridgehead atoms. The molecule has 0 saturated carbocycles. The van der Waals surface area contributed by atoms with Gasteiger partial charge >= 0.3 is 0 Å². The van der Waals surface area contributed by atoms with E-state index in [1.807, 2.05) is 26.0 Å². The molecule has 1 aromatic carbocycles. The molecule has 1 amide bonds. The second kappa shape index (κ2) is 7.85. The Balaban J connectivity index is 1.88. The molecule has 1 saturated heterocycles. The maximum absolute atomic E-state index is 12.9. The molecule has 1 N–H and O–H groups in total. The molecule has 26 heavy (non-hydrogen) atoms. The Morgan fingerprint density at radius 2 is 1.85 bits per heavy atom. The van der Waals surface area contributed by atoms with Crippen molar-refractivity contribution in [2.45, 2.75) is 52.9 Å².